The van der Waals surface area contributed by atoms with Crippen molar-refractivity contribution >= 4 is 23.2 Å². The van der Waals surface area contributed by atoms with Gasteiger partial charge in [-0.25, -0.2) is 4.39 Å². The number of carbonyl (C=O) groups excluding carboxylic acids is 2. The van der Waals surface area contributed by atoms with Gasteiger partial charge in [0.2, 0.25) is 5.91 Å². The smallest absolute Gasteiger partial charge is 0.255 e. The molecule has 4 nitrogen and oxygen atoms in total. The van der Waals surface area contributed by atoms with Crippen LogP contribution < -0.4 is 10.6 Å². The quantitative estimate of drug-likeness (QED) is 0.909. The minimum absolute atomic E-state index is 0.121. The lowest BCUT2D eigenvalue weighted by atomic mass is 10.1. The Morgan fingerprint density at radius 2 is 1.81 bits per heavy atom. The Balaban J connectivity index is 2.18. The second-order valence-corrected chi connectivity index (χ2v) is 4.70. The summed E-state index contributed by atoms with van der Waals surface area (Å²) in [6.45, 7) is 3.15. The molecule has 2 N–H and O–H groups in total. The van der Waals surface area contributed by atoms with E-state index >= 15 is 0 Å². The van der Waals surface area contributed by atoms with Crippen LogP contribution in [0.3, 0.4) is 0 Å². The first-order valence-corrected chi connectivity index (χ1v) is 6.41. The molecule has 108 valence electrons. The minimum atomic E-state index is -0.485. The Labute approximate surface area is 122 Å². The van der Waals surface area contributed by atoms with Gasteiger partial charge in [0, 0.05) is 18.2 Å². The zero-order valence-corrected chi connectivity index (χ0v) is 11.7. The molecular weight excluding hydrogens is 271 g/mol. The maximum atomic E-state index is 13.7. The van der Waals surface area contributed by atoms with Crippen molar-refractivity contribution in [3.8, 4) is 0 Å². The summed E-state index contributed by atoms with van der Waals surface area (Å²) in [6, 6.07) is 11.0. The number of nitrogens with one attached hydrogen (secondary N) is 2. The van der Waals surface area contributed by atoms with Crippen LogP contribution in [0.25, 0.3) is 0 Å². The van der Waals surface area contributed by atoms with E-state index in [2.05, 4.69) is 10.6 Å². The predicted molar refractivity (Wildman–Crippen MR) is 79.8 cm³/mol. The molecular formula is C16H15FN2O2. The number of rotatable bonds is 3. The number of halogens is 1. The predicted octanol–water partition coefficient (Wildman–Crippen LogP) is 3.34. The van der Waals surface area contributed by atoms with E-state index in [0.717, 1.165) is 5.56 Å². The first-order chi connectivity index (χ1) is 9.95. The van der Waals surface area contributed by atoms with Crippen LogP contribution in [-0.4, -0.2) is 11.8 Å². The fourth-order valence-electron chi connectivity index (χ4n) is 1.86. The highest BCUT2D eigenvalue weighted by Gasteiger charge is 2.10. The standard InChI is InChI=1S/C16H15FN2O2/c1-10-6-7-15(14(17)8-10)19-16(21)12-4-3-5-13(9-12)18-11(2)20/h3-9H,1-2H3,(H,18,20)(H,19,21). The van der Waals surface area contributed by atoms with Crippen LogP contribution in [0, 0.1) is 12.7 Å². The molecule has 2 aromatic rings. The lowest BCUT2D eigenvalue weighted by Crippen LogP contribution is -2.14. The lowest BCUT2D eigenvalue weighted by Gasteiger charge is -2.08. The molecule has 0 spiro atoms. The van der Waals surface area contributed by atoms with Crippen molar-refractivity contribution < 1.29 is 14.0 Å². The number of amides is 2. The third-order valence-corrected chi connectivity index (χ3v) is 2.82. The summed E-state index contributed by atoms with van der Waals surface area (Å²) in [4.78, 5) is 23.1. The van der Waals surface area contributed by atoms with Crippen molar-refractivity contribution in [3.05, 3.63) is 59.4 Å². The number of carbonyl (C=O) groups is 2. The summed E-state index contributed by atoms with van der Waals surface area (Å²) in [7, 11) is 0. The van der Waals surface area contributed by atoms with Gasteiger partial charge in [-0.3, -0.25) is 9.59 Å². The van der Waals surface area contributed by atoms with Crippen LogP contribution in [0.1, 0.15) is 22.8 Å². The highest BCUT2D eigenvalue weighted by molar-refractivity contribution is 6.05. The summed E-state index contributed by atoms with van der Waals surface area (Å²) in [6.07, 6.45) is 0. The molecule has 0 aromatic heterocycles. The van der Waals surface area contributed by atoms with Crippen molar-refractivity contribution in [2.45, 2.75) is 13.8 Å². The molecule has 0 aliphatic carbocycles. The SMILES string of the molecule is CC(=O)Nc1cccc(C(=O)Nc2ccc(C)cc2F)c1. The molecule has 2 aromatic carbocycles. The molecule has 0 heterocycles. The monoisotopic (exact) mass is 286 g/mol. The average Bonchev–Trinajstić information content (AvgIpc) is 2.41. The van der Waals surface area contributed by atoms with Gasteiger partial charge in [-0.1, -0.05) is 12.1 Å². The van der Waals surface area contributed by atoms with Crippen molar-refractivity contribution in [2.75, 3.05) is 10.6 Å². The topological polar surface area (TPSA) is 58.2 Å². The average molecular weight is 286 g/mol. The summed E-state index contributed by atoms with van der Waals surface area (Å²) < 4.78 is 13.7. The summed E-state index contributed by atoms with van der Waals surface area (Å²) >= 11 is 0. The highest BCUT2D eigenvalue weighted by Crippen LogP contribution is 2.17. The molecule has 0 unspecified atom stereocenters. The Morgan fingerprint density at radius 1 is 1.05 bits per heavy atom. The maximum Gasteiger partial charge on any atom is 0.255 e. The molecule has 0 saturated carbocycles. The van der Waals surface area contributed by atoms with Crippen LogP contribution in [0.4, 0.5) is 15.8 Å². The maximum absolute atomic E-state index is 13.7. The minimum Gasteiger partial charge on any atom is -0.326 e. The molecule has 2 rings (SSSR count). The van der Waals surface area contributed by atoms with Crippen molar-refractivity contribution in [3.63, 3.8) is 0 Å². The fourth-order valence-corrected chi connectivity index (χ4v) is 1.86. The number of hydrogen-bond donors (Lipinski definition) is 2. The van der Waals surface area contributed by atoms with Gasteiger partial charge < -0.3 is 10.6 Å². The number of anilines is 2. The van der Waals surface area contributed by atoms with Gasteiger partial charge in [0.15, 0.2) is 0 Å². The molecule has 21 heavy (non-hydrogen) atoms. The van der Waals surface area contributed by atoms with Crippen LogP contribution in [-0.2, 0) is 4.79 Å². The van der Waals surface area contributed by atoms with E-state index < -0.39 is 11.7 Å². The zero-order chi connectivity index (χ0) is 15.4. The van der Waals surface area contributed by atoms with E-state index in [9.17, 15) is 14.0 Å². The summed E-state index contributed by atoms with van der Waals surface area (Å²) in [5, 5.41) is 5.10. The van der Waals surface area contributed by atoms with Crippen LogP contribution >= 0.6 is 0 Å². The lowest BCUT2D eigenvalue weighted by molar-refractivity contribution is -0.114. The van der Waals surface area contributed by atoms with Gasteiger partial charge in [0.25, 0.3) is 5.91 Å². The van der Waals surface area contributed by atoms with Gasteiger partial charge in [0.05, 0.1) is 5.69 Å². The van der Waals surface area contributed by atoms with Crippen LogP contribution in [0.2, 0.25) is 0 Å². The second-order valence-electron chi connectivity index (χ2n) is 4.70. The molecule has 0 aliphatic rings. The molecule has 2 amide bonds. The zero-order valence-electron chi connectivity index (χ0n) is 11.7. The van der Waals surface area contributed by atoms with E-state index in [1.54, 1.807) is 31.2 Å². The Hall–Kier alpha value is -2.69. The Bertz CT molecular complexity index is 698. The van der Waals surface area contributed by atoms with E-state index in [-0.39, 0.29) is 11.6 Å². The Morgan fingerprint density at radius 3 is 2.48 bits per heavy atom. The van der Waals surface area contributed by atoms with E-state index in [4.69, 9.17) is 0 Å². The van der Waals surface area contributed by atoms with E-state index in [0.29, 0.717) is 11.3 Å². The third kappa shape index (κ3) is 3.89. The van der Waals surface area contributed by atoms with Crippen LogP contribution in [0.15, 0.2) is 42.5 Å². The second kappa shape index (κ2) is 6.17. The molecule has 0 fully saturated rings. The highest BCUT2D eigenvalue weighted by atomic mass is 19.1. The third-order valence-electron chi connectivity index (χ3n) is 2.82. The normalized spacial score (nSPS) is 10.0. The fraction of sp³-hybridized carbons (Fsp3) is 0.125. The van der Waals surface area contributed by atoms with Gasteiger partial charge in [-0.2, -0.15) is 0 Å². The van der Waals surface area contributed by atoms with Gasteiger partial charge in [-0.15, -0.1) is 0 Å². The number of hydrogen-bond acceptors (Lipinski definition) is 2. The first kappa shape index (κ1) is 14.7. The summed E-state index contributed by atoms with van der Waals surface area (Å²) in [5.41, 5.74) is 1.74. The molecule has 0 atom stereocenters. The largest absolute Gasteiger partial charge is 0.326 e. The summed E-state index contributed by atoms with van der Waals surface area (Å²) in [5.74, 6) is -1.15. The van der Waals surface area contributed by atoms with Crippen molar-refractivity contribution in [2.24, 2.45) is 0 Å². The van der Waals surface area contributed by atoms with Gasteiger partial charge in [0.1, 0.15) is 5.82 Å². The molecule has 0 radical (unpaired) electrons. The number of benzene rings is 2. The van der Waals surface area contributed by atoms with Gasteiger partial charge >= 0.3 is 0 Å². The molecule has 0 aliphatic heterocycles. The Kier molecular flexibility index (Phi) is 4.33. The molecule has 5 heteroatoms. The van der Waals surface area contributed by atoms with Crippen LogP contribution in [0.5, 0.6) is 0 Å². The number of aryl methyl sites for hydroxylation is 1. The van der Waals surface area contributed by atoms with Crippen molar-refractivity contribution in [1.29, 1.82) is 0 Å². The molecule has 0 saturated heterocycles. The van der Waals surface area contributed by atoms with Gasteiger partial charge in [-0.05, 0) is 42.8 Å². The molecule has 0 bridgehead atoms. The van der Waals surface area contributed by atoms with E-state index in [1.807, 2.05) is 0 Å². The van der Waals surface area contributed by atoms with E-state index in [1.165, 1.54) is 25.1 Å². The first-order valence-electron chi connectivity index (χ1n) is 6.41. The van der Waals surface area contributed by atoms with Crippen molar-refractivity contribution in [1.82, 2.24) is 0 Å².